The number of carbonyl (C=O) groups excluding carboxylic acids is 1. The Morgan fingerprint density at radius 2 is 1.80 bits per heavy atom. The van der Waals surface area contributed by atoms with Gasteiger partial charge in [0, 0.05) is 25.3 Å². The van der Waals surface area contributed by atoms with Gasteiger partial charge in [0.1, 0.15) is 18.1 Å². The first-order valence-electron chi connectivity index (χ1n) is 6.59. The summed E-state index contributed by atoms with van der Waals surface area (Å²) in [5.74, 6) is 0.707. The number of rotatable bonds is 5. The van der Waals surface area contributed by atoms with E-state index in [1.54, 1.807) is 12.1 Å². The van der Waals surface area contributed by atoms with Crippen LogP contribution in [0.15, 0.2) is 48.5 Å². The molecule has 0 amide bonds. The number of aldehydes is 1. The van der Waals surface area contributed by atoms with Gasteiger partial charge in [0.05, 0.1) is 0 Å². The highest BCUT2D eigenvalue weighted by Gasteiger charge is 2.08. The average Bonchev–Trinajstić information content (AvgIpc) is 2.47. The molecule has 0 saturated heterocycles. The van der Waals surface area contributed by atoms with Crippen molar-refractivity contribution in [1.29, 1.82) is 0 Å². The number of hydrogen-bond acceptors (Lipinski definition) is 3. The van der Waals surface area contributed by atoms with Gasteiger partial charge in [0.2, 0.25) is 0 Å². The van der Waals surface area contributed by atoms with E-state index in [0.717, 1.165) is 17.5 Å². The predicted molar refractivity (Wildman–Crippen MR) is 81.6 cm³/mol. The molecule has 20 heavy (non-hydrogen) atoms. The SMILES string of the molecule is CC(Oc1cccc(C=O)c1)c1ccc(N(C)C)cc1. The molecular weight excluding hydrogens is 250 g/mol. The Balaban J connectivity index is 2.10. The number of anilines is 1. The zero-order chi connectivity index (χ0) is 14.5. The second-order valence-corrected chi connectivity index (χ2v) is 4.94. The molecule has 0 aliphatic heterocycles. The van der Waals surface area contributed by atoms with Crippen molar-refractivity contribution in [3.05, 3.63) is 59.7 Å². The minimum Gasteiger partial charge on any atom is -0.486 e. The van der Waals surface area contributed by atoms with Crippen LogP contribution in [-0.4, -0.2) is 20.4 Å². The van der Waals surface area contributed by atoms with Crippen molar-refractivity contribution in [1.82, 2.24) is 0 Å². The maximum Gasteiger partial charge on any atom is 0.150 e. The molecule has 0 bridgehead atoms. The van der Waals surface area contributed by atoms with Crippen molar-refractivity contribution >= 4 is 12.0 Å². The van der Waals surface area contributed by atoms with E-state index in [2.05, 4.69) is 29.2 Å². The molecule has 0 saturated carbocycles. The van der Waals surface area contributed by atoms with E-state index >= 15 is 0 Å². The van der Waals surface area contributed by atoms with Crippen LogP contribution in [0.5, 0.6) is 5.75 Å². The maximum absolute atomic E-state index is 10.8. The third-order valence-electron chi connectivity index (χ3n) is 3.19. The van der Waals surface area contributed by atoms with Gasteiger partial charge in [0.25, 0.3) is 0 Å². The molecule has 0 fully saturated rings. The topological polar surface area (TPSA) is 29.5 Å². The van der Waals surface area contributed by atoms with Crippen molar-refractivity contribution in [3.8, 4) is 5.75 Å². The maximum atomic E-state index is 10.8. The number of nitrogens with zero attached hydrogens (tertiary/aromatic N) is 1. The van der Waals surface area contributed by atoms with Gasteiger partial charge in [0.15, 0.2) is 0 Å². The first kappa shape index (κ1) is 14.1. The summed E-state index contributed by atoms with van der Waals surface area (Å²) in [6.45, 7) is 2.00. The fraction of sp³-hybridized carbons (Fsp3) is 0.235. The van der Waals surface area contributed by atoms with E-state index in [1.807, 2.05) is 33.2 Å². The van der Waals surface area contributed by atoms with Crippen molar-refractivity contribution < 1.29 is 9.53 Å². The lowest BCUT2D eigenvalue weighted by Gasteiger charge is -2.17. The number of ether oxygens (including phenoxy) is 1. The van der Waals surface area contributed by atoms with Gasteiger partial charge in [-0.05, 0) is 36.8 Å². The minimum atomic E-state index is -0.0619. The van der Waals surface area contributed by atoms with Crippen molar-refractivity contribution in [3.63, 3.8) is 0 Å². The normalized spacial score (nSPS) is 11.8. The Kier molecular flexibility index (Phi) is 4.41. The molecule has 2 aromatic carbocycles. The van der Waals surface area contributed by atoms with Crippen molar-refractivity contribution in [2.75, 3.05) is 19.0 Å². The third-order valence-corrected chi connectivity index (χ3v) is 3.19. The standard InChI is InChI=1S/C17H19NO2/c1-13(15-7-9-16(10-8-15)18(2)3)20-17-6-4-5-14(11-17)12-19/h4-13H,1-3H3. The Morgan fingerprint density at radius 3 is 2.40 bits per heavy atom. The molecule has 1 atom stereocenters. The molecule has 3 heteroatoms. The van der Waals surface area contributed by atoms with Crippen LogP contribution in [0.4, 0.5) is 5.69 Å². The Hall–Kier alpha value is -2.29. The van der Waals surface area contributed by atoms with E-state index in [-0.39, 0.29) is 6.10 Å². The Labute approximate surface area is 119 Å². The Bertz CT molecular complexity index is 576. The largest absolute Gasteiger partial charge is 0.486 e. The number of benzene rings is 2. The molecule has 0 heterocycles. The van der Waals surface area contributed by atoms with Crippen LogP contribution in [0, 0.1) is 0 Å². The van der Waals surface area contributed by atoms with E-state index in [9.17, 15) is 4.79 Å². The van der Waals surface area contributed by atoms with Gasteiger partial charge in [-0.2, -0.15) is 0 Å². The van der Waals surface area contributed by atoms with Gasteiger partial charge in [-0.1, -0.05) is 24.3 Å². The molecule has 0 spiro atoms. The monoisotopic (exact) mass is 269 g/mol. The molecule has 0 aliphatic rings. The van der Waals surface area contributed by atoms with E-state index in [1.165, 1.54) is 0 Å². The summed E-state index contributed by atoms with van der Waals surface area (Å²) < 4.78 is 5.87. The van der Waals surface area contributed by atoms with Crippen molar-refractivity contribution in [2.24, 2.45) is 0 Å². The van der Waals surface area contributed by atoms with Gasteiger partial charge >= 0.3 is 0 Å². The van der Waals surface area contributed by atoms with Crippen LogP contribution in [0.3, 0.4) is 0 Å². The van der Waals surface area contributed by atoms with Gasteiger partial charge < -0.3 is 9.64 Å². The van der Waals surface area contributed by atoms with Crippen LogP contribution in [0.1, 0.15) is 28.9 Å². The summed E-state index contributed by atoms with van der Waals surface area (Å²) in [6.07, 6.45) is 0.761. The van der Waals surface area contributed by atoms with Crippen LogP contribution in [-0.2, 0) is 0 Å². The number of carbonyl (C=O) groups is 1. The summed E-state index contributed by atoms with van der Waals surface area (Å²) >= 11 is 0. The van der Waals surface area contributed by atoms with Gasteiger partial charge in [-0.25, -0.2) is 0 Å². The molecule has 3 nitrogen and oxygen atoms in total. The predicted octanol–water partition coefficient (Wildman–Crippen LogP) is 3.71. The van der Waals surface area contributed by atoms with Crippen LogP contribution in [0.2, 0.25) is 0 Å². The zero-order valence-corrected chi connectivity index (χ0v) is 12.0. The van der Waals surface area contributed by atoms with Gasteiger partial charge in [-0.15, -0.1) is 0 Å². The lowest BCUT2D eigenvalue weighted by molar-refractivity contribution is 0.112. The fourth-order valence-electron chi connectivity index (χ4n) is 1.98. The molecule has 1 unspecified atom stereocenters. The fourth-order valence-corrected chi connectivity index (χ4v) is 1.98. The third kappa shape index (κ3) is 3.38. The summed E-state index contributed by atoms with van der Waals surface area (Å²) in [5, 5.41) is 0. The summed E-state index contributed by atoms with van der Waals surface area (Å²) in [6, 6.07) is 15.4. The first-order valence-corrected chi connectivity index (χ1v) is 6.59. The molecule has 2 aromatic rings. The second-order valence-electron chi connectivity index (χ2n) is 4.94. The van der Waals surface area contributed by atoms with E-state index < -0.39 is 0 Å². The molecule has 2 rings (SSSR count). The quantitative estimate of drug-likeness (QED) is 0.775. The second kappa shape index (κ2) is 6.24. The molecule has 0 aromatic heterocycles. The minimum absolute atomic E-state index is 0.0619. The van der Waals surface area contributed by atoms with Crippen LogP contribution >= 0.6 is 0 Å². The van der Waals surface area contributed by atoms with Crippen LogP contribution in [0.25, 0.3) is 0 Å². The van der Waals surface area contributed by atoms with Crippen LogP contribution < -0.4 is 9.64 Å². The highest BCUT2D eigenvalue weighted by atomic mass is 16.5. The molecule has 0 radical (unpaired) electrons. The first-order chi connectivity index (χ1) is 9.60. The highest BCUT2D eigenvalue weighted by molar-refractivity contribution is 5.75. The van der Waals surface area contributed by atoms with Gasteiger partial charge in [-0.3, -0.25) is 4.79 Å². The molecular formula is C17H19NO2. The average molecular weight is 269 g/mol. The molecule has 0 aliphatic carbocycles. The highest BCUT2D eigenvalue weighted by Crippen LogP contribution is 2.23. The smallest absolute Gasteiger partial charge is 0.150 e. The lowest BCUT2D eigenvalue weighted by atomic mass is 10.1. The lowest BCUT2D eigenvalue weighted by Crippen LogP contribution is -2.09. The van der Waals surface area contributed by atoms with E-state index in [4.69, 9.17) is 4.74 Å². The molecule has 0 N–H and O–H groups in total. The Morgan fingerprint density at radius 1 is 1.10 bits per heavy atom. The summed E-state index contributed by atoms with van der Waals surface area (Å²) in [5.41, 5.74) is 2.88. The summed E-state index contributed by atoms with van der Waals surface area (Å²) in [7, 11) is 4.03. The molecule has 104 valence electrons. The number of hydrogen-bond donors (Lipinski definition) is 0. The van der Waals surface area contributed by atoms with Crippen molar-refractivity contribution in [2.45, 2.75) is 13.0 Å². The summed E-state index contributed by atoms with van der Waals surface area (Å²) in [4.78, 5) is 12.8. The van der Waals surface area contributed by atoms with E-state index in [0.29, 0.717) is 11.3 Å². The zero-order valence-electron chi connectivity index (χ0n) is 12.0.